The van der Waals surface area contributed by atoms with Gasteiger partial charge in [0.1, 0.15) is 24.1 Å². The number of aromatic nitrogens is 3. The van der Waals surface area contributed by atoms with Crippen LogP contribution in [0.1, 0.15) is 36.4 Å². The molecule has 2 heterocycles. The summed E-state index contributed by atoms with van der Waals surface area (Å²) in [6, 6.07) is 21.8. The molecule has 2 aromatic carbocycles. The van der Waals surface area contributed by atoms with Gasteiger partial charge >= 0.3 is 0 Å². The van der Waals surface area contributed by atoms with Crippen molar-refractivity contribution in [3.05, 3.63) is 99.6 Å². The minimum Gasteiger partial charge on any atom is -0.491 e. The summed E-state index contributed by atoms with van der Waals surface area (Å²) in [5.74, 6) is 0.707. The lowest BCUT2D eigenvalue weighted by molar-refractivity contribution is 0.0926. The van der Waals surface area contributed by atoms with E-state index in [2.05, 4.69) is 55.3 Å². The van der Waals surface area contributed by atoms with Crippen LogP contribution >= 0.6 is 0 Å². The van der Waals surface area contributed by atoms with E-state index in [1.54, 1.807) is 0 Å². The van der Waals surface area contributed by atoms with E-state index in [0.717, 1.165) is 11.4 Å². The first-order chi connectivity index (χ1) is 15.3. The van der Waals surface area contributed by atoms with E-state index in [-0.39, 0.29) is 17.6 Å². The van der Waals surface area contributed by atoms with Crippen LogP contribution in [0.4, 0.5) is 0 Å². The zero-order chi connectivity index (χ0) is 22.9. The average molecular weight is 432 g/mol. The maximum atomic E-state index is 12.2. The molecule has 1 atom stereocenters. The van der Waals surface area contributed by atoms with Gasteiger partial charge in [0.25, 0.3) is 5.56 Å². The number of aryl methyl sites for hydroxylation is 2. The molecule has 1 N–H and O–H groups in total. The van der Waals surface area contributed by atoms with Gasteiger partial charge in [-0.25, -0.2) is 0 Å². The molecule has 32 heavy (non-hydrogen) atoms. The van der Waals surface area contributed by atoms with Crippen molar-refractivity contribution in [1.29, 1.82) is 0 Å². The molecule has 0 bridgehead atoms. The molecule has 0 spiro atoms. The van der Waals surface area contributed by atoms with Crippen molar-refractivity contribution in [3.8, 4) is 5.75 Å². The second-order valence-corrected chi connectivity index (χ2v) is 8.77. The fourth-order valence-electron chi connectivity index (χ4n) is 4.02. The monoisotopic (exact) mass is 431 g/mol. The average Bonchev–Trinajstić information content (AvgIpc) is 3.18. The summed E-state index contributed by atoms with van der Waals surface area (Å²) in [4.78, 5) is 12.2. The number of ether oxygens (including phenoxy) is 1. The Morgan fingerprint density at radius 1 is 1.00 bits per heavy atom. The van der Waals surface area contributed by atoms with Gasteiger partial charge in [-0.3, -0.25) is 4.79 Å². The standard InChI is InChI=1S/C26H29N3O3/c1-18-14-24-28(19(2)15-25(31)29(24)27-18)16-22(30)17-32-23-12-10-21(11-13-23)26(3,4)20-8-6-5-7-9-20/h5-15,22,30H,16-17H2,1-4H3/t22-/m1/s1. The second-order valence-electron chi connectivity index (χ2n) is 8.77. The van der Waals surface area contributed by atoms with Gasteiger partial charge in [-0.05, 0) is 37.1 Å². The van der Waals surface area contributed by atoms with E-state index in [1.807, 2.05) is 42.7 Å². The molecule has 0 aliphatic heterocycles. The Bertz CT molecular complexity index is 1270. The zero-order valence-corrected chi connectivity index (χ0v) is 18.9. The highest BCUT2D eigenvalue weighted by molar-refractivity contribution is 5.42. The molecule has 0 radical (unpaired) electrons. The number of benzene rings is 2. The molecule has 0 saturated carbocycles. The molecule has 4 aromatic rings. The van der Waals surface area contributed by atoms with Crippen LogP contribution in [-0.2, 0) is 12.0 Å². The highest BCUT2D eigenvalue weighted by Crippen LogP contribution is 2.32. The smallest absolute Gasteiger partial charge is 0.274 e. The summed E-state index contributed by atoms with van der Waals surface area (Å²) in [6.07, 6.45) is -0.740. The largest absolute Gasteiger partial charge is 0.491 e. The number of nitrogens with zero attached hydrogens (tertiary/aromatic N) is 3. The van der Waals surface area contributed by atoms with Crippen molar-refractivity contribution in [2.75, 3.05) is 6.61 Å². The van der Waals surface area contributed by atoms with Crippen molar-refractivity contribution in [2.45, 2.75) is 45.8 Å². The molecular weight excluding hydrogens is 402 g/mol. The fourth-order valence-corrected chi connectivity index (χ4v) is 4.02. The quantitative estimate of drug-likeness (QED) is 0.482. The highest BCUT2D eigenvalue weighted by atomic mass is 16.5. The van der Waals surface area contributed by atoms with Crippen molar-refractivity contribution < 1.29 is 9.84 Å². The van der Waals surface area contributed by atoms with Crippen molar-refractivity contribution in [3.63, 3.8) is 0 Å². The molecule has 4 rings (SSSR count). The fraction of sp³-hybridized carbons (Fsp3) is 0.308. The molecule has 0 unspecified atom stereocenters. The van der Waals surface area contributed by atoms with Crippen LogP contribution in [0.2, 0.25) is 0 Å². The van der Waals surface area contributed by atoms with Gasteiger partial charge in [0.05, 0.1) is 12.2 Å². The third-order valence-corrected chi connectivity index (χ3v) is 5.96. The lowest BCUT2D eigenvalue weighted by Crippen LogP contribution is -2.27. The normalized spacial score (nSPS) is 12.8. The molecule has 0 fully saturated rings. The van der Waals surface area contributed by atoms with Crippen molar-refractivity contribution >= 4 is 5.65 Å². The molecule has 6 nitrogen and oxygen atoms in total. The molecule has 0 saturated heterocycles. The number of fused-ring (bicyclic) bond motifs is 1. The van der Waals surface area contributed by atoms with E-state index in [1.165, 1.54) is 21.7 Å². The summed E-state index contributed by atoms with van der Waals surface area (Å²) < 4.78 is 9.10. The van der Waals surface area contributed by atoms with Crippen LogP contribution in [0.25, 0.3) is 5.65 Å². The zero-order valence-electron chi connectivity index (χ0n) is 18.9. The molecule has 2 aromatic heterocycles. The van der Waals surface area contributed by atoms with Gasteiger partial charge in [-0.15, -0.1) is 0 Å². The van der Waals surface area contributed by atoms with Crippen LogP contribution in [0.5, 0.6) is 5.75 Å². The lowest BCUT2D eigenvalue weighted by Gasteiger charge is -2.26. The van der Waals surface area contributed by atoms with Gasteiger partial charge in [0, 0.05) is 23.2 Å². The van der Waals surface area contributed by atoms with E-state index in [0.29, 0.717) is 17.9 Å². The third-order valence-electron chi connectivity index (χ3n) is 5.96. The Kier molecular flexibility index (Phi) is 5.89. The van der Waals surface area contributed by atoms with Crippen molar-refractivity contribution in [2.24, 2.45) is 0 Å². The Hall–Kier alpha value is -3.38. The predicted molar refractivity (Wildman–Crippen MR) is 125 cm³/mol. The molecule has 0 aliphatic rings. The number of aliphatic hydroxyl groups excluding tert-OH is 1. The third kappa shape index (κ3) is 4.32. The molecular formula is C26H29N3O3. The first kappa shape index (κ1) is 21.8. The summed E-state index contributed by atoms with van der Waals surface area (Å²) in [5, 5.41) is 14.8. The van der Waals surface area contributed by atoms with E-state index in [9.17, 15) is 9.90 Å². The minimum atomic E-state index is -0.740. The van der Waals surface area contributed by atoms with Gasteiger partial charge in [0.15, 0.2) is 0 Å². The van der Waals surface area contributed by atoms with E-state index >= 15 is 0 Å². The van der Waals surface area contributed by atoms with Gasteiger partial charge in [-0.2, -0.15) is 9.61 Å². The maximum absolute atomic E-state index is 12.2. The van der Waals surface area contributed by atoms with Crippen LogP contribution in [0.15, 0.2) is 71.5 Å². The van der Waals surface area contributed by atoms with Crippen LogP contribution in [-0.4, -0.2) is 32.0 Å². The number of hydrogen-bond donors (Lipinski definition) is 1. The van der Waals surface area contributed by atoms with Gasteiger partial charge in [0.2, 0.25) is 0 Å². The predicted octanol–water partition coefficient (Wildman–Crippen LogP) is 3.88. The second kappa shape index (κ2) is 8.63. The molecule has 0 amide bonds. The Balaban J connectivity index is 1.44. The first-order valence-corrected chi connectivity index (χ1v) is 10.8. The minimum absolute atomic E-state index is 0.115. The molecule has 6 heteroatoms. The summed E-state index contributed by atoms with van der Waals surface area (Å²) in [5.41, 5.74) is 4.35. The summed E-state index contributed by atoms with van der Waals surface area (Å²) >= 11 is 0. The first-order valence-electron chi connectivity index (χ1n) is 10.8. The van der Waals surface area contributed by atoms with Crippen LogP contribution in [0, 0.1) is 13.8 Å². The van der Waals surface area contributed by atoms with Crippen molar-refractivity contribution in [1.82, 2.24) is 14.2 Å². The lowest BCUT2D eigenvalue weighted by atomic mass is 9.78. The van der Waals surface area contributed by atoms with Gasteiger partial charge < -0.3 is 14.4 Å². The topological polar surface area (TPSA) is 68.8 Å². The van der Waals surface area contributed by atoms with E-state index in [4.69, 9.17) is 4.74 Å². The van der Waals surface area contributed by atoms with Crippen LogP contribution in [0.3, 0.4) is 0 Å². The number of rotatable bonds is 7. The highest BCUT2D eigenvalue weighted by Gasteiger charge is 2.22. The Labute approximate surface area is 187 Å². The number of hydrogen-bond acceptors (Lipinski definition) is 4. The van der Waals surface area contributed by atoms with Crippen LogP contribution < -0.4 is 10.3 Å². The number of aliphatic hydroxyl groups is 1. The summed E-state index contributed by atoms with van der Waals surface area (Å²) in [7, 11) is 0. The Morgan fingerprint density at radius 2 is 1.66 bits per heavy atom. The summed E-state index contributed by atoms with van der Waals surface area (Å²) in [6.45, 7) is 8.55. The molecule has 166 valence electrons. The van der Waals surface area contributed by atoms with Gasteiger partial charge in [-0.1, -0.05) is 56.3 Å². The Morgan fingerprint density at radius 3 is 2.34 bits per heavy atom. The molecule has 0 aliphatic carbocycles. The SMILES string of the molecule is Cc1cc2n(C[C@@H](O)COc3ccc(C(C)(C)c4ccccc4)cc3)c(C)cc(=O)n2n1. The maximum Gasteiger partial charge on any atom is 0.274 e. The van der Waals surface area contributed by atoms with E-state index < -0.39 is 6.10 Å².